The summed E-state index contributed by atoms with van der Waals surface area (Å²) in [5.74, 6) is 1.26. The van der Waals surface area contributed by atoms with Crippen LogP contribution in [0.5, 0.6) is 0 Å². The fourth-order valence-electron chi connectivity index (χ4n) is 4.65. The number of hydrogen-bond acceptors (Lipinski definition) is 6. The zero-order valence-electron chi connectivity index (χ0n) is 19.5. The first-order chi connectivity index (χ1) is 17.4. The van der Waals surface area contributed by atoms with Gasteiger partial charge in [0.2, 0.25) is 16.0 Å². The van der Waals surface area contributed by atoms with E-state index < -0.39 is 10.0 Å². The number of sulfonamides is 1. The Morgan fingerprint density at radius 2 is 1.61 bits per heavy atom. The first-order valence-corrected chi connectivity index (χ1v) is 13.5. The standard InChI is InChI=1S/C26H23ClN6O2S/c1-18-7-6-8-19(17-18)36(34,35)32-15-13-31(14-16-32)26-28-23-12-5-3-10-21(23)25-30-29-24(33(25)26)20-9-2-4-11-22(20)27/h2-12,17H,13-16H2,1H3. The van der Waals surface area contributed by atoms with Gasteiger partial charge in [0.25, 0.3) is 0 Å². The third kappa shape index (κ3) is 3.80. The quantitative estimate of drug-likeness (QED) is 0.350. The molecule has 1 aliphatic heterocycles. The molecular weight excluding hydrogens is 496 g/mol. The lowest BCUT2D eigenvalue weighted by Crippen LogP contribution is -2.49. The van der Waals surface area contributed by atoms with Crippen LogP contribution in [0.4, 0.5) is 5.95 Å². The summed E-state index contributed by atoms with van der Waals surface area (Å²) in [5, 5.41) is 10.4. The molecule has 3 heterocycles. The van der Waals surface area contributed by atoms with Gasteiger partial charge in [0.05, 0.1) is 15.4 Å². The van der Waals surface area contributed by atoms with E-state index in [9.17, 15) is 8.42 Å². The second kappa shape index (κ2) is 8.85. The highest BCUT2D eigenvalue weighted by atomic mass is 35.5. The van der Waals surface area contributed by atoms with Gasteiger partial charge in [0.15, 0.2) is 11.5 Å². The first-order valence-electron chi connectivity index (χ1n) is 11.6. The van der Waals surface area contributed by atoms with Crippen LogP contribution < -0.4 is 4.90 Å². The van der Waals surface area contributed by atoms with Crippen molar-refractivity contribution < 1.29 is 8.42 Å². The largest absolute Gasteiger partial charge is 0.339 e. The molecule has 182 valence electrons. The maximum absolute atomic E-state index is 13.3. The van der Waals surface area contributed by atoms with Gasteiger partial charge in [-0.3, -0.25) is 0 Å². The van der Waals surface area contributed by atoms with Gasteiger partial charge >= 0.3 is 0 Å². The fourth-order valence-corrected chi connectivity index (χ4v) is 6.40. The number of para-hydroxylation sites is 1. The Hall–Kier alpha value is -3.53. The second-order valence-electron chi connectivity index (χ2n) is 8.80. The van der Waals surface area contributed by atoms with Crippen LogP contribution >= 0.6 is 11.6 Å². The highest BCUT2D eigenvalue weighted by molar-refractivity contribution is 7.89. The molecule has 10 heteroatoms. The molecule has 36 heavy (non-hydrogen) atoms. The Balaban J connectivity index is 1.41. The molecule has 8 nitrogen and oxygen atoms in total. The van der Waals surface area contributed by atoms with Crippen molar-refractivity contribution in [3.05, 3.63) is 83.4 Å². The van der Waals surface area contributed by atoms with Crippen LogP contribution in [-0.2, 0) is 10.0 Å². The minimum Gasteiger partial charge on any atom is -0.339 e. The lowest BCUT2D eigenvalue weighted by atomic mass is 10.2. The normalized spacial score (nSPS) is 15.1. The Labute approximate surface area is 213 Å². The minimum absolute atomic E-state index is 0.321. The van der Waals surface area contributed by atoms with Crippen molar-refractivity contribution in [1.29, 1.82) is 0 Å². The number of rotatable bonds is 4. The van der Waals surface area contributed by atoms with Crippen molar-refractivity contribution in [2.45, 2.75) is 11.8 Å². The van der Waals surface area contributed by atoms with E-state index in [1.165, 1.54) is 4.31 Å². The second-order valence-corrected chi connectivity index (χ2v) is 11.1. The maximum Gasteiger partial charge on any atom is 0.243 e. The number of halogens is 1. The lowest BCUT2D eigenvalue weighted by molar-refractivity contribution is 0.382. The van der Waals surface area contributed by atoms with Crippen molar-refractivity contribution in [2.24, 2.45) is 0 Å². The highest BCUT2D eigenvalue weighted by Gasteiger charge is 2.31. The Morgan fingerprint density at radius 3 is 2.39 bits per heavy atom. The summed E-state index contributed by atoms with van der Waals surface area (Å²) in [6, 6.07) is 22.3. The van der Waals surface area contributed by atoms with Crippen molar-refractivity contribution in [2.75, 3.05) is 31.1 Å². The average Bonchev–Trinajstić information content (AvgIpc) is 3.34. The monoisotopic (exact) mass is 518 g/mol. The molecule has 2 aromatic heterocycles. The molecule has 0 radical (unpaired) electrons. The van der Waals surface area contributed by atoms with Gasteiger partial charge in [-0.05, 0) is 48.9 Å². The maximum atomic E-state index is 13.3. The molecular formula is C26H23ClN6O2S. The van der Waals surface area contributed by atoms with Crippen LogP contribution in [0.2, 0.25) is 5.02 Å². The molecule has 0 amide bonds. The summed E-state index contributed by atoms with van der Waals surface area (Å²) >= 11 is 6.52. The van der Waals surface area contributed by atoms with Gasteiger partial charge in [-0.1, -0.05) is 48.0 Å². The lowest BCUT2D eigenvalue weighted by Gasteiger charge is -2.35. The summed E-state index contributed by atoms with van der Waals surface area (Å²) < 4.78 is 30.0. The van der Waals surface area contributed by atoms with Crippen LogP contribution in [0, 0.1) is 6.92 Å². The summed E-state index contributed by atoms with van der Waals surface area (Å²) in [5.41, 5.74) is 3.15. The third-order valence-corrected chi connectivity index (χ3v) is 8.72. The number of anilines is 1. The molecule has 0 spiro atoms. The smallest absolute Gasteiger partial charge is 0.243 e. The number of hydrogen-bond donors (Lipinski definition) is 0. The van der Waals surface area contributed by atoms with Crippen LogP contribution in [-0.4, -0.2) is 58.5 Å². The Kier molecular flexibility index (Phi) is 5.63. The van der Waals surface area contributed by atoms with E-state index in [0.717, 1.165) is 22.0 Å². The number of piperazine rings is 1. The SMILES string of the molecule is Cc1cccc(S(=O)(=O)N2CCN(c3nc4ccccc4c4nnc(-c5ccccc5Cl)n34)CC2)c1. The highest BCUT2D eigenvalue weighted by Crippen LogP contribution is 2.32. The van der Waals surface area contributed by atoms with Crippen molar-refractivity contribution in [1.82, 2.24) is 23.9 Å². The number of fused-ring (bicyclic) bond motifs is 3. The van der Waals surface area contributed by atoms with Gasteiger partial charge in [-0.15, -0.1) is 10.2 Å². The summed E-state index contributed by atoms with van der Waals surface area (Å²) in [7, 11) is -3.58. The first kappa shape index (κ1) is 22.9. The Bertz CT molecular complexity index is 1710. The van der Waals surface area contributed by atoms with Gasteiger partial charge in [0.1, 0.15) is 0 Å². The van der Waals surface area contributed by atoms with E-state index in [4.69, 9.17) is 16.6 Å². The summed E-state index contributed by atoms with van der Waals surface area (Å²) in [6.07, 6.45) is 0. The van der Waals surface area contributed by atoms with E-state index in [1.54, 1.807) is 18.2 Å². The predicted molar refractivity (Wildman–Crippen MR) is 141 cm³/mol. The number of benzene rings is 3. The van der Waals surface area contributed by atoms with Crippen molar-refractivity contribution in [3.63, 3.8) is 0 Å². The molecule has 5 aromatic rings. The molecule has 0 unspecified atom stereocenters. The van der Waals surface area contributed by atoms with Crippen molar-refractivity contribution in [3.8, 4) is 11.4 Å². The molecule has 0 aliphatic carbocycles. The van der Waals surface area contributed by atoms with Gasteiger partial charge in [-0.25, -0.2) is 17.8 Å². The minimum atomic E-state index is -3.58. The number of aryl methyl sites for hydroxylation is 1. The number of aromatic nitrogens is 4. The van der Waals surface area contributed by atoms with Crippen LogP contribution in [0.25, 0.3) is 27.9 Å². The third-order valence-electron chi connectivity index (χ3n) is 6.49. The van der Waals surface area contributed by atoms with E-state index >= 15 is 0 Å². The van der Waals surface area contributed by atoms with Crippen LogP contribution in [0.1, 0.15) is 5.56 Å². The topological polar surface area (TPSA) is 83.7 Å². The molecule has 0 bridgehead atoms. The van der Waals surface area contributed by atoms with E-state index in [0.29, 0.717) is 53.5 Å². The van der Waals surface area contributed by atoms with Crippen molar-refractivity contribution >= 4 is 44.1 Å². The fraction of sp³-hybridized carbons (Fsp3) is 0.192. The molecule has 6 rings (SSSR count). The van der Waals surface area contributed by atoms with Crippen LogP contribution in [0.3, 0.4) is 0 Å². The molecule has 3 aromatic carbocycles. The number of nitrogens with zero attached hydrogens (tertiary/aromatic N) is 6. The van der Waals surface area contributed by atoms with E-state index in [2.05, 4.69) is 15.1 Å². The zero-order chi connectivity index (χ0) is 24.9. The van der Waals surface area contributed by atoms with E-state index in [1.807, 2.05) is 65.9 Å². The Morgan fingerprint density at radius 1 is 0.861 bits per heavy atom. The molecule has 0 saturated carbocycles. The summed E-state index contributed by atoms with van der Waals surface area (Å²) in [6.45, 7) is 3.53. The van der Waals surface area contributed by atoms with Gasteiger partial charge in [0, 0.05) is 37.1 Å². The molecule has 1 aliphatic rings. The average molecular weight is 519 g/mol. The molecule has 1 fully saturated rings. The molecule has 0 atom stereocenters. The van der Waals surface area contributed by atoms with Gasteiger partial charge < -0.3 is 4.90 Å². The predicted octanol–water partition coefficient (Wildman–Crippen LogP) is 4.42. The van der Waals surface area contributed by atoms with E-state index in [-0.39, 0.29) is 0 Å². The van der Waals surface area contributed by atoms with Gasteiger partial charge in [-0.2, -0.15) is 4.31 Å². The molecule has 1 saturated heterocycles. The summed E-state index contributed by atoms with van der Waals surface area (Å²) in [4.78, 5) is 7.38. The van der Waals surface area contributed by atoms with Crippen LogP contribution in [0.15, 0.2) is 77.7 Å². The zero-order valence-corrected chi connectivity index (χ0v) is 21.1. The molecule has 0 N–H and O–H groups in total.